The summed E-state index contributed by atoms with van der Waals surface area (Å²) in [6.07, 6.45) is -0.385. The molecule has 2 atom stereocenters. The Morgan fingerprint density at radius 2 is 2.08 bits per heavy atom. The molecule has 0 saturated carbocycles. The Morgan fingerprint density at radius 3 is 2.42 bits per heavy atom. The normalized spacial score (nSPS) is 15.4. The minimum atomic E-state index is -0.385. The molecule has 4 heteroatoms. The molecule has 1 amide bonds. The predicted octanol–water partition coefficient (Wildman–Crippen LogP) is -0.173. The molecule has 2 N–H and O–H groups in total. The Morgan fingerprint density at radius 1 is 1.58 bits per heavy atom. The number of hydrogen-bond donors (Lipinski definition) is 1. The van der Waals surface area contributed by atoms with Crippen LogP contribution in [0.15, 0.2) is 0 Å². The van der Waals surface area contributed by atoms with E-state index >= 15 is 0 Å². The third-order valence-electron chi connectivity index (χ3n) is 2.05. The molecule has 0 rings (SSSR count). The number of rotatable bonds is 4. The Bertz CT molecular complexity index is 150. The van der Waals surface area contributed by atoms with Gasteiger partial charge < -0.3 is 15.4 Å². The highest BCUT2D eigenvalue weighted by Gasteiger charge is 2.19. The first kappa shape index (κ1) is 11.4. The van der Waals surface area contributed by atoms with E-state index in [9.17, 15) is 4.79 Å². The van der Waals surface area contributed by atoms with Gasteiger partial charge in [-0.3, -0.25) is 4.79 Å². The van der Waals surface area contributed by atoms with Gasteiger partial charge in [0.1, 0.15) is 6.10 Å². The second-order valence-corrected chi connectivity index (χ2v) is 2.91. The number of hydrogen-bond acceptors (Lipinski definition) is 3. The quantitative estimate of drug-likeness (QED) is 0.643. The zero-order chi connectivity index (χ0) is 9.72. The van der Waals surface area contributed by atoms with Gasteiger partial charge in [0.15, 0.2) is 0 Å². The van der Waals surface area contributed by atoms with Gasteiger partial charge in [-0.05, 0) is 13.8 Å². The summed E-state index contributed by atoms with van der Waals surface area (Å²) in [6, 6.07) is 0.0649. The van der Waals surface area contributed by atoms with Crippen LogP contribution in [0.3, 0.4) is 0 Å². The highest BCUT2D eigenvalue weighted by molar-refractivity contribution is 5.80. The molecule has 0 saturated heterocycles. The Kier molecular flexibility index (Phi) is 4.85. The van der Waals surface area contributed by atoms with Crippen LogP contribution in [0.5, 0.6) is 0 Å². The lowest BCUT2D eigenvalue weighted by Crippen LogP contribution is -2.44. The van der Waals surface area contributed by atoms with Crippen molar-refractivity contribution in [2.45, 2.75) is 26.0 Å². The van der Waals surface area contributed by atoms with Crippen molar-refractivity contribution < 1.29 is 9.53 Å². The van der Waals surface area contributed by atoms with Gasteiger partial charge in [-0.1, -0.05) is 0 Å². The lowest BCUT2D eigenvalue weighted by Gasteiger charge is -2.25. The van der Waals surface area contributed by atoms with Crippen molar-refractivity contribution in [3.63, 3.8) is 0 Å². The number of likely N-dealkylation sites (N-methyl/N-ethyl adjacent to an activating group) is 1. The molecule has 0 aromatic heterocycles. The summed E-state index contributed by atoms with van der Waals surface area (Å²) in [5.74, 6) is -0.0320. The molecule has 0 aromatic carbocycles. The number of carbonyl (C=O) groups is 1. The smallest absolute Gasteiger partial charge is 0.251 e. The van der Waals surface area contributed by atoms with Gasteiger partial charge in [-0.2, -0.15) is 0 Å². The molecule has 0 heterocycles. The molecule has 0 fully saturated rings. The van der Waals surface area contributed by atoms with Crippen LogP contribution >= 0.6 is 0 Å². The van der Waals surface area contributed by atoms with E-state index in [1.54, 1.807) is 18.9 Å². The van der Waals surface area contributed by atoms with Crippen LogP contribution < -0.4 is 5.73 Å². The molecule has 2 unspecified atom stereocenters. The molecule has 0 aliphatic rings. The lowest BCUT2D eigenvalue weighted by molar-refractivity contribution is -0.141. The van der Waals surface area contributed by atoms with Crippen LogP contribution in [-0.2, 0) is 9.53 Å². The van der Waals surface area contributed by atoms with Crippen LogP contribution in [0.4, 0.5) is 0 Å². The summed E-state index contributed by atoms with van der Waals surface area (Å²) < 4.78 is 4.90. The zero-order valence-electron chi connectivity index (χ0n) is 8.20. The van der Waals surface area contributed by atoms with Crippen LogP contribution in [0.1, 0.15) is 13.8 Å². The second-order valence-electron chi connectivity index (χ2n) is 2.91. The molecule has 72 valence electrons. The van der Waals surface area contributed by atoms with E-state index in [0.717, 1.165) is 0 Å². The maximum atomic E-state index is 11.4. The largest absolute Gasteiger partial charge is 0.372 e. The minimum Gasteiger partial charge on any atom is -0.372 e. The van der Waals surface area contributed by atoms with E-state index in [1.807, 2.05) is 6.92 Å². The summed E-state index contributed by atoms with van der Waals surface area (Å²) in [5, 5.41) is 0. The first-order chi connectivity index (χ1) is 5.54. The van der Waals surface area contributed by atoms with Gasteiger partial charge in [0.25, 0.3) is 5.91 Å². The van der Waals surface area contributed by atoms with Crippen LogP contribution in [0.2, 0.25) is 0 Å². The third-order valence-corrected chi connectivity index (χ3v) is 2.05. The predicted molar refractivity (Wildman–Crippen MR) is 47.8 cm³/mol. The molecular formula is C8H18N2O2. The zero-order valence-corrected chi connectivity index (χ0v) is 8.20. The number of nitrogens with two attached hydrogens (primary N) is 1. The molecule has 0 aliphatic carbocycles. The molecule has 0 spiro atoms. The maximum absolute atomic E-state index is 11.4. The SMILES string of the molecule is COC(C)C(=O)N(C)C(C)CN. The monoisotopic (exact) mass is 174 g/mol. The van der Waals surface area contributed by atoms with Gasteiger partial charge in [0.2, 0.25) is 0 Å². The number of ether oxygens (including phenoxy) is 1. The molecule has 0 aliphatic heterocycles. The Hall–Kier alpha value is -0.610. The van der Waals surface area contributed by atoms with E-state index in [1.165, 1.54) is 7.11 Å². The average molecular weight is 174 g/mol. The first-order valence-corrected chi connectivity index (χ1v) is 4.04. The van der Waals surface area contributed by atoms with Crippen molar-refractivity contribution in [3.8, 4) is 0 Å². The molecule has 0 radical (unpaired) electrons. The number of methoxy groups -OCH3 is 1. The maximum Gasteiger partial charge on any atom is 0.251 e. The summed E-state index contributed by atoms with van der Waals surface area (Å²) in [6.45, 7) is 4.10. The van der Waals surface area contributed by atoms with Crippen molar-refractivity contribution in [2.24, 2.45) is 5.73 Å². The van der Waals surface area contributed by atoms with E-state index in [0.29, 0.717) is 6.54 Å². The fourth-order valence-electron chi connectivity index (χ4n) is 0.763. The molecule has 0 aromatic rings. The van der Waals surface area contributed by atoms with Crippen LogP contribution in [0.25, 0.3) is 0 Å². The molecule has 0 bridgehead atoms. The Balaban J connectivity index is 4.09. The summed E-state index contributed by atoms with van der Waals surface area (Å²) in [4.78, 5) is 13.0. The van der Waals surface area contributed by atoms with Gasteiger partial charge in [0, 0.05) is 26.7 Å². The van der Waals surface area contributed by atoms with Crippen LogP contribution in [0, 0.1) is 0 Å². The molecular weight excluding hydrogens is 156 g/mol. The second kappa shape index (κ2) is 5.11. The molecule has 12 heavy (non-hydrogen) atoms. The van der Waals surface area contributed by atoms with E-state index in [-0.39, 0.29) is 18.1 Å². The van der Waals surface area contributed by atoms with Gasteiger partial charge in [-0.15, -0.1) is 0 Å². The number of amides is 1. The standard InChI is InChI=1S/C8H18N2O2/c1-6(5-9)10(3)8(11)7(2)12-4/h6-7H,5,9H2,1-4H3. The fourth-order valence-corrected chi connectivity index (χ4v) is 0.763. The number of carbonyl (C=O) groups excluding carboxylic acids is 1. The van der Waals surface area contributed by atoms with Gasteiger partial charge >= 0.3 is 0 Å². The van der Waals surface area contributed by atoms with Gasteiger partial charge in [-0.25, -0.2) is 0 Å². The van der Waals surface area contributed by atoms with Crippen molar-refractivity contribution in [1.82, 2.24) is 4.90 Å². The van der Waals surface area contributed by atoms with Crippen molar-refractivity contribution in [1.29, 1.82) is 0 Å². The first-order valence-electron chi connectivity index (χ1n) is 4.04. The number of nitrogens with zero attached hydrogens (tertiary/aromatic N) is 1. The minimum absolute atomic E-state index is 0.0320. The highest BCUT2D eigenvalue weighted by Crippen LogP contribution is 1.99. The lowest BCUT2D eigenvalue weighted by atomic mass is 10.2. The van der Waals surface area contributed by atoms with Crippen molar-refractivity contribution in [2.75, 3.05) is 20.7 Å². The summed E-state index contributed by atoms with van der Waals surface area (Å²) in [5.41, 5.74) is 5.42. The fraction of sp³-hybridized carbons (Fsp3) is 0.875. The topological polar surface area (TPSA) is 55.6 Å². The summed E-state index contributed by atoms with van der Waals surface area (Å²) in [7, 11) is 3.25. The van der Waals surface area contributed by atoms with Crippen LogP contribution in [-0.4, -0.2) is 43.7 Å². The Labute approximate surface area is 73.7 Å². The van der Waals surface area contributed by atoms with Crippen molar-refractivity contribution >= 4 is 5.91 Å². The van der Waals surface area contributed by atoms with E-state index in [4.69, 9.17) is 10.5 Å². The molecule has 4 nitrogen and oxygen atoms in total. The van der Waals surface area contributed by atoms with Gasteiger partial charge in [0.05, 0.1) is 0 Å². The highest BCUT2D eigenvalue weighted by atomic mass is 16.5. The van der Waals surface area contributed by atoms with E-state index in [2.05, 4.69) is 0 Å². The summed E-state index contributed by atoms with van der Waals surface area (Å²) >= 11 is 0. The third kappa shape index (κ3) is 2.79. The van der Waals surface area contributed by atoms with E-state index < -0.39 is 0 Å². The average Bonchev–Trinajstić information content (AvgIpc) is 2.12. The van der Waals surface area contributed by atoms with Crippen molar-refractivity contribution in [3.05, 3.63) is 0 Å².